The fourth-order valence-corrected chi connectivity index (χ4v) is 4.14. The zero-order valence-electron chi connectivity index (χ0n) is 17.1. The summed E-state index contributed by atoms with van der Waals surface area (Å²) in [5.41, 5.74) is 0.171. The van der Waals surface area contributed by atoms with E-state index in [2.05, 4.69) is 10.4 Å². The third-order valence-corrected chi connectivity index (χ3v) is 5.95. The number of hydrogen-bond donors (Lipinski definition) is 2. The van der Waals surface area contributed by atoms with Crippen LogP contribution in [0.25, 0.3) is 5.69 Å². The molecule has 9 heteroatoms. The molecule has 2 aromatic rings. The van der Waals surface area contributed by atoms with Crippen LogP contribution in [-0.2, 0) is 6.42 Å². The predicted molar refractivity (Wildman–Crippen MR) is 107 cm³/mol. The van der Waals surface area contributed by atoms with Gasteiger partial charge in [-0.3, -0.25) is 0 Å². The van der Waals surface area contributed by atoms with Crippen molar-refractivity contribution in [1.29, 1.82) is 0 Å². The standard InChI is InChI=1S/C21H26F2N4O3/c1-3-4-17-16(25-20(28)26-8-7-21(29,12-26)13-5-6-13)11-24-27(17)18-9-15(23)19(30-2)10-14(18)22/h9-11,13,29H,3-8,12H2,1-2H3,(H,25,28). The summed E-state index contributed by atoms with van der Waals surface area (Å²) >= 11 is 0. The van der Waals surface area contributed by atoms with E-state index in [1.807, 2.05) is 6.92 Å². The molecule has 1 aliphatic heterocycles. The van der Waals surface area contributed by atoms with E-state index < -0.39 is 17.2 Å². The van der Waals surface area contributed by atoms with Crippen LogP contribution in [0.15, 0.2) is 18.3 Å². The number of β-amino-alcohol motifs (C(OH)–C–C–N with tert-alkyl or cyclic N) is 1. The van der Waals surface area contributed by atoms with Gasteiger partial charge < -0.3 is 20.1 Å². The van der Waals surface area contributed by atoms with Crippen LogP contribution in [0.4, 0.5) is 19.3 Å². The first-order valence-corrected chi connectivity index (χ1v) is 10.2. The van der Waals surface area contributed by atoms with Crippen molar-refractivity contribution in [3.63, 3.8) is 0 Å². The number of amides is 2. The van der Waals surface area contributed by atoms with Gasteiger partial charge in [-0.05, 0) is 31.6 Å². The Morgan fingerprint density at radius 1 is 1.37 bits per heavy atom. The van der Waals surface area contributed by atoms with Crippen molar-refractivity contribution in [2.45, 2.75) is 44.6 Å². The van der Waals surface area contributed by atoms with Gasteiger partial charge in [0.15, 0.2) is 17.4 Å². The number of halogens is 2. The van der Waals surface area contributed by atoms with Crippen molar-refractivity contribution >= 4 is 11.7 Å². The summed E-state index contributed by atoms with van der Waals surface area (Å²) in [6, 6.07) is 1.68. The summed E-state index contributed by atoms with van der Waals surface area (Å²) in [6.07, 6.45) is 5.25. The second kappa shape index (κ2) is 7.86. The van der Waals surface area contributed by atoms with E-state index in [1.165, 1.54) is 18.0 Å². The van der Waals surface area contributed by atoms with Crippen LogP contribution in [0.2, 0.25) is 0 Å². The maximum atomic E-state index is 14.6. The zero-order valence-corrected chi connectivity index (χ0v) is 17.1. The Kier molecular flexibility index (Phi) is 5.40. The van der Waals surface area contributed by atoms with Gasteiger partial charge in [0.1, 0.15) is 5.69 Å². The second-order valence-electron chi connectivity index (χ2n) is 8.08. The lowest BCUT2D eigenvalue weighted by Gasteiger charge is -2.23. The number of likely N-dealkylation sites (tertiary alicyclic amines) is 1. The van der Waals surface area contributed by atoms with Gasteiger partial charge in [-0.1, -0.05) is 13.3 Å². The number of methoxy groups -OCH3 is 1. The maximum absolute atomic E-state index is 14.6. The van der Waals surface area contributed by atoms with Crippen LogP contribution in [-0.4, -0.2) is 51.6 Å². The number of ether oxygens (including phenoxy) is 1. The summed E-state index contributed by atoms with van der Waals surface area (Å²) in [5, 5.41) is 17.7. The van der Waals surface area contributed by atoms with Gasteiger partial charge >= 0.3 is 6.03 Å². The molecule has 1 unspecified atom stereocenters. The molecule has 1 saturated heterocycles. The lowest BCUT2D eigenvalue weighted by atomic mass is 9.97. The highest BCUT2D eigenvalue weighted by Crippen LogP contribution is 2.44. The molecule has 2 fully saturated rings. The molecule has 162 valence electrons. The summed E-state index contributed by atoms with van der Waals surface area (Å²) in [6.45, 7) is 2.73. The maximum Gasteiger partial charge on any atom is 0.322 e. The second-order valence-corrected chi connectivity index (χ2v) is 8.08. The summed E-state index contributed by atoms with van der Waals surface area (Å²) in [5.74, 6) is -1.29. The highest BCUT2D eigenvalue weighted by Gasteiger charge is 2.49. The number of hydrogen-bond acceptors (Lipinski definition) is 4. The number of rotatable bonds is 6. The minimum atomic E-state index is -0.794. The van der Waals surface area contributed by atoms with Gasteiger partial charge in [-0.25, -0.2) is 18.3 Å². The van der Waals surface area contributed by atoms with Crippen molar-refractivity contribution in [2.24, 2.45) is 5.92 Å². The smallest absolute Gasteiger partial charge is 0.322 e. The van der Waals surface area contributed by atoms with E-state index in [1.54, 1.807) is 4.90 Å². The first kappa shape index (κ1) is 20.6. The minimum Gasteiger partial charge on any atom is -0.494 e. The first-order chi connectivity index (χ1) is 14.4. The number of carbonyl (C=O) groups is 1. The van der Waals surface area contributed by atoms with E-state index in [0.717, 1.165) is 31.4 Å². The van der Waals surface area contributed by atoms with Gasteiger partial charge in [0, 0.05) is 18.7 Å². The van der Waals surface area contributed by atoms with Crippen LogP contribution in [0.1, 0.15) is 38.3 Å². The fourth-order valence-electron chi connectivity index (χ4n) is 4.14. The average molecular weight is 420 g/mol. The monoisotopic (exact) mass is 420 g/mol. The molecule has 4 rings (SSSR count). The topological polar surface area (TPSA) is 79.6 Å². The van der Waals surface area contributed by atoms with Crippen LogP contribution in [0.5, 0.6) is 5.75 Å². The van der Waals surface area contributed by atoms with Gasteiger partial charge in [0.25, 0.3) is 0 Å². The molecule has 1 aromatic carbocycles. The molecule has 1 saturated carbocycles. The molecule has 0 spiro atoms. The number of aliphatic hydroxyl groups is 1. The van der Waals surface area contributed by atoms with Gasteiger partial charge in [-0.2, -0.15) is 5.10 Å². The largest absolute Gasteiger partial charge is 0.494 e. The molecule has 2 heterocycles. The van der Waals surface area contributed by atoms with Gasteiger partial charge in [0.2, 0.25) is 0 Å². The number of anilines is 1. The number of nitrogens with one attached hydrogen (secondary N) is 1. The Balaban J connectivity index is 1.57. The van der Waals surface area contributed by atoms with Crippen LogP contribution < -0.4 is 10.1 Å². The molecule has 1 aliphatic carbocycles. The first-order valence-electron chi connectivity index (χ1n) is 10.2. The molecule has 0 radical (unpaired) electrons. The fraction of sp³-hybridized carbons (Fsp3) is 0.524. The number of benzene rings is 1. The molecular formula is C21H26F2N4O3. The van der Waals surface area contributed by atoms with E-state index >= 15 is 0 Å². The molecule has 2 N–H and O–H groups in total. The van der Waals surface area contributed by atoms with Crippen molar-refractivity contribution in [2.75, 3.05) is 25.5 Å². The van der Waals surface area contributed by atoms with Gasteiger partial charge in [-0.15, -0.1) is 0 Å². The number of carbonyl (C=O) groups excluding carboxylic acids is 1. The van der Waals surface area contributed by atoms with Crippen molar-refractivity contribution < 1.29 is 23.4 Å². The highest BCUT2D eigenvalue weighted by atomic mass is 19.1. The van der Waals surface area contributed by atoms with E-state index in [4.69, 9.17) is 4.74 Å². The third kappa shape index (κ3) is 3.74. The normalized spacial score (nSPS) is 21.2. The SMILES string of the molecule is CCCc1c(NC(=O)N2CCC(O)(C3CC3)C2)cnn1-c1cc(F)c(OC)cc1F. The minimum absolute atomic E-state index is 0.0541. The molecule has 30 heavy (non-hydrogen) atoms. The number of aromatic nitrogens is 2. The quantitative estimate of drug-likeness (QED) is 0.750. The molecule has 1 atom stereocenters. The average Bonchev–Trinajstić information content (AvgIpc) is 3.41. The molecular weight excluding hydrogens is 394 g/mol. The summed E-state index contributed by atoms with van der Waals surface area (Å²) < 4.78 is 34.9. The third-order valence-electron chi connectivity index (χ3n) is 5.95. The van der Waals surface area contributed by atoms with Gasteiger partial charge in [0.05, 0.1) is 36.8 Å². The Morgan fingerprint density at radius 2 is 2.13 bits per heavy atom. The van der Waals surface area contributed by atoms with Crippen LogP contribution >= 0.6 is 0 Å². The van der Waals surface area contributed by atoms with Crippen molar-refractivity contribution in [3.8, 4) is 11.4 Å². The lowest BCUT2D eigenvalue weighted by molar-refractivity contribution is 0.0306. The number of urea groups is 1. The van der Waals surface area contributed by atoms with E-state index in [0.29, 0.717) is 37.3 Å². The Labute approximate surface area is 173 Å². The Hall–Kier alpha value is -2.68. The summed E-state index contributed by atoms with van der Waals surface area (Å²) in [7, 11) is 1.27. The highest BCUT2D eigenvalue weighted by molar-refractivity contribution is 5.90. The molecule has 0 bridgehead atoms. The lowest BCUT2D eigenvalue weighted by Crippen LogP contribution is -2.39. The van der Waals surface area contributed by atoms with Crippen LogP contribution in [0, 0.1) is 17.6 Å². The Bertz CT molecular complexity index is 960. The molecule has 1 aromatic heterocycles. The van der Waals surface area contributed by atoms with Crippen molar-refractivity contribution in [3.05, 3.63) is 35.7 Å². The van der Waals surface area contributed by atoms with E-state index in [9.17, 15) is 18.7 Å². The molecule has 7 nitrogen and oxygen atoms in total. The van der Waals surface area contributed by atoms with Crippen LogP contribution in [0.3, 0.4) is 0 Å². The summed E-state index contributed by atoms with van der Waals surface area (Å²) in [4.78, 5) is 14.4. The number of nitrogens with zero attached hydrogens (tertiary/aromatic N) is 3. The van der Waals surface area contributed by atoms with Crippen molar-refractivity contribution in [1.82, 2.24) is 14.7 Å². The molecule has 2 aliphatic rings. The molecule has 2 amide bonds. The Morgan fingerprint density at radius 3 is 2.80 bits per heavy atom. The van der Waals surface area contributed by atoms with E-state index in [-0.39, 0.29) is 23.4 Å². The zero-order chi connectivity index (χ0) is 21.5. The predicted octanol–water partition coefficient (Wildman–Crippen LogP) is 3.49.